The van der Waals surface area contributed by atoms with Gasteiger partial charge in [-0.05, 0) is 41.6 Å². The lowest BCUT2D eigenvalue weighted by Crippen LogP contribution is -2.24. The van der Waals surface area contributed by atoms with Crippen molar-refractivity contribution in [2.75, 3.05) is 10.6 Å². The van der Waals surface area contributed by atoms with Crippen molar-refractivity contribution in [3.05, 3.63) is 30.6 Å². The van der Waals surface area contributed by atoms with Crippen LogP contribution in [0.2, 0.25) is 0 Å². The van der Waals surface area contributed by atoms with Crippen molar-refractivity contribution in [3.8, 4) is 0 Å². The summed E-state index contributed by atoms with van der Waals surface area (Å²) in [7, 11) is 0. The Labute approximate surface area is 115 Å². The molecule has 1 atom stereocenters. The molecular formula is C12H14N6O2. The Balaban J connectivity index is 1.99. The van der Waals surface area contributed by atoms with Crippen LogP contribution in [0.5, 0.6) is 0 Å². The number of nitrogens with one attached hydrogen (secondary N) is 2. The van der Waals surface area contributed by atoms with Crippen LogP contribution in [0.15, 0.2) is 30.6 Å². The number of hydrogen-bond acceptors (Lipinski definition) is 5. The average molecular weight is 274 g/mol. The van der Waals surface area contributed by atoms with E-state index in [-0.39, 0.29) is 11.8 Å². The first-order valence-electron chi connectivity index (χ1n) is 5.97. The predicted molar refractivity (Wildman–Crippen MR) is 71.9 cm³/mol. The minimum absolute atomic E-state index is 0.144. The van der Waals surface area contributed by atoms with Crippen LogP contribution in [0, 0.1) is 0 Å². The van der Waals surface area contributed by atoms with E-state index in [0.717, 1.165) is 0 Å². The summed E-state index contributed by atoms with van der Waals surface area (Å²) in [5.41, 5.74) is 1.30. The number of nitrogens with zero attached hydrogens (tertiary/aromatic N) is 4. The zero-order chi connectivity index (χ0) is 14.5. The Morgan fingerprint density at radius 2 is 1.75 bits per heavy atom. The van der Waals surface area contributed by atoms with E-state index in [1.807, 2.05) is 0 Å². The number of anilines is 2. The topological polar surface area (TPSA) is 102 Å². The van der Waals surface area contributed by atoms with Crippen molar-refractivity contribution in [2.24, 2.45) is 0 Å². The van der Waals surface area contributed by atoms with Gasteiger partial charge in [0.25, 0.3) is 0 Å². The molecule has 2 N–H and O–H groups in total. The summed E-state index contributed by atoms with van der Waals surface area (Å²) in [6, 6.07) is 6.31. The lowest BCUT2D eigenvalue weighted by Gasteiger charge is -2.11. The molecule has 0 aliphatic heterocycles. The highest BCUT2D eigenvalue weighted by Gasteiger charge is 2.15. The molecule has 2 amide bonds. The highest BCUT2D eigenvalue weighted by molar-refractivity contribution is 5.94. The number of hydrogen-bond donors (Lipinski definition) is 2. The van der Waals surface area contributed by atoms with E-state index in [2.05, 4.69) is 26.2 Å². The first-order valence-corrected chi connectivity index (χ1v) is 5.97. The second-order valence-electron chi connectivity index (χ2n) is 4.21. The summed E-state index contributed by atoms with van der Waals surface area (Å²) in [4.78, 5) is 22.9. The molecule has 0 spiro atoms. The van der Waals surface area contributed by atoms with Crippen LogP contribution in [-0.2, 0) is 9.59 Å². The number of amides is 2. The Hall–Kier alpha value is -2.77. The van der Waals surface area contributed by atoms with E-state index in [0.29, 0.717) is 11.4 Å². The third-order valence-corrected chi connectivity index (χ3v) is 2.61. The number of aromatic nitrogens is 4. The molecule has 0 radical (unpaired) electrons. The summed E-state index contributed by atoms with van der Waals surface area (Å²) in [5.74, 6) is -0.376. The molecule has 8 nitrogen and oxygen atoms in total. The highest BCUT2D eigenvalue weighted by Crippen LogP contribution is 2.15. The van der Waals surface area contributed by atoms with Gasteiger partial charge in [0.2, 0.25) is 11.8 Å². The summed E-state index contributed by atoms with van der Waals surface area (Å²) < 4.78 is 1.36. The predicted octanol–water partition coefficient (Wildman–Crippen LogP) is 0.831. The second kappa shape index (κ2) is 5.91. The number of carbonyl (C=O) groups is 2. The van der Waals surface area contributed by atoms with Gasteiger partial charge in [0, 0.05) is 18.3 Å². The monoisotopic (exact) mass is 274 g/mol. The number of rotatable bonds is 4. The molecule has 104 valence electrons. The van der Waals surface area contributed by atoms with E-state index in [1.165, 1.54) is 17.9 Å². The fraction of sp³-hybridized carbons (Fsp3) is 0.250. The number of benzene rings is 1. The van der Waals surface area contributed by atoms with E-state index in [1.54, 1.807) is 31.2 Å². The van der Waals surface area contributed by atoms with Crippen LogP contribution < -0.4 is 10.6 Å². The Kier molecular flexibility index (Phi) is 4.04. The third kappa shape index (κ3) is 3.37. The van der Waals surface area contributed by atoms with Gasteiger partial charge in [-0.15, -0.1) is 5.10 Å². The lowest BCUT2D eigenvalue weighted by atomic mass is 10.2. The minimum Gasteiger partial charge on any atom is -0.326 e. The standard InChI is InChI=1S/C12H14N6O2/c1-8(18-7-13-16-17-18)12(20)15-11-5-3-10(4-6-11)14-9(2)19/h3-8H,1-2H3,(H,14,19)(H,15,20). The normalized spacial score (nSPS) is 11.7. The Morgan fingerprint density at radius 3 is 2.25 bits per heavy atom. The van der Waals surface area contributed by atoms with Crippen LogP contribution >= 0.6 is 0 Å². The molecule has 1 heterocycles. The molecule has 0 saturated carbocycles. The van der Waals surface area contributed by atoms with E-state index in [4.69, 9.17) is 0 Å². The van der Waals surface area contributed by atoms with E-state index >= 15 is 0 Å². The molecule has 20 heavy (non-hydrogen) atoms. The van der Waals surface area contributed by atoms with Gasteiger partial charge in [0.15, 0.2) is 0 Å². The van der Waals surface area contributed by atoms with Gasteiger partial charge in [-0.3, -0.25) is 9.59 Å². The zero-order valence-electron chi connectivity index (χ0n) is 11.1. The maximum atomic E-state index is 12.0. The summed E-state index contributed by atoms with van der Waals surface area (Å²) >= 11 is 0. The molecule has 0 saturated heterocycles. The summed E-state index contributed by atoms with van der Waals surface area (Å²) in [6.45, 7) is 3.13. The molecule has 1 unspecified atom stereocenters. The van der Waals surface area contributed by atoms with Crippen LogP contribution in [-0.4, -0.2) is 32.0 Å². The fourth-order valence-corrected chi connectivity index (χ4v) is 1.55. The molecule has 0 aliphatic carbocycles. The van der Waals surface area contributed by atoms with Gasteiger partial charge in [-0.2, -0.15) is 0 Å². The highest BCUT2D eigenvalue weighted by atomic mass is 16.2. The van der Waals surface area contributed by atoms with Gasteiger partial charge in [-0.25, -0.2) is 4.68 Å². The molecular weight excluding hydrogens is 260 g/mol. The van der Waals surface area contributed by atoms with E-state index < -0.39 is 6.04 Å². The average Bonchev–Trinajstić information content (AvgIpc) is 2.93. The first kappa shape index (κ1) is 13.7. The zero-order valence-corrected chi connectivity index (χ0v) is 11.1. The van der Waals surface area contributed by atoms with Gasteiger partial charge in [0.05, 0.1) is 0 Å². The van der Waals surface area contributed by atoms with Gasteiger partial charge >= 0.3 is 0 Å². The Bertz CT molecular complexity index is 593. The van der Waals surface area contributed by atoms with Crippen LogP contribution in [0.4, 0.5) is 11.4 Å². The third-order valence-electron chi connectivity index (χ3n) is 2.61. The van der Waals surface area contributed by atoms with Gasteiger partial charge in [0.1, 0.15) is 12.4 Å². The minimum atomic E-state index is -0.514. The van der Waals surface area contributed by atoms with Gasteiger partial charge in [-0.1, -0.05) is 0 Å². The fourth-order valence-electron chi connectivity index (χ4n) is 1.55. The Morgan fingerprint density at radius 1 is 1.15 bits per heavy atom. The molecule has 2 rings (SSSR count). The largest absolute Gasteiger partial charge is 0.326 e. The number of tetrazole rings is 1. The molecule has 8 heteroatoms. The van der Waals surface area contributed by atoms with Crippen molar-refractivity contribution >= 4 is 23.2 Å². The van der Waals surface area contributed by atoms with Crippen molar-refractivity contribution in [1.82, 2.24) is 20.2 Å². The molecule has 1 aromatic heterocycles. The van der Waals surface area contributed by atoms with Crippen LogP contribution in [0.3, 0.4) is 0 Å². The van der Waals surface area contributed by atoms with Crippen molar-refractivity contribution in [3.63, 3.8) is 0 Å². The maximum Gasteiger partial charge on any atom is 0.249 e. The molecule has 0 bridgehead atoms. The summed E-state index contributed by atoms with van der Waals surface area (Å²) in [5, 5.41) is 16.0. The molecule has 0 fully saturated rings. The molecule has 1 aromatic carbocycles. The summed E-state index contributed by atoms with van der Waals surface area (Å²) in [6.07, 6.45) is 1.38. The van der Waals surface area contributed by atoms with Crippen LogP contribution in [0.1, 0.15) is 19.9 Å². The smallest absolute Gasteiger partial charge is 0.249 e. The van der Waals surface area contributed by atoms with E-state index in [9.17, 15) is 9.59 Å². The van der Waals surface area contributed by atoms with Crippen LogP contribution in [0.25, 0.3) is 0 Å². The molecule has 2 aromatic rings. The van der Waals surface area contributed by atoms with Crippen molar-refractivity contribution in [1.29, 1.82) is 0 Å². The SMILES string of the molecule is CC(=O)Nc1ccc(NC(=O)C(C)n2cnnn2)cc1. The quantitative estimate of drug-likeness (QED) is 0.859. The van der Waals surface area contributed by atoms with Gasteiger partial charge < -0.3 is 10.6 Å². The van der Waals surface area contributed by atoms with Crippen molar-refractivity contribution in [2.45, 2.75) is 19.9 Å². The second-order valence-corrected chi connectivity index (χ2v) is 4.21. The first-order chi connectivity index (χ1) is 9.56. The maximum absolute atomic E-state index is 12.0. The molecule has 0 aliphatic rings. The van der Waals surface area contributed by atoms with Crippen molar-refractivity contribution < 1.29 is 9.59 Å². The number of carbonyl (C=O) groups excluding carboxylic acids is 2. The lowest BCUT2D eigenvalue weighted by molar-refractivity contribution is -0.119.